The summed E-state index contributed by atoms with van der Waals surface area (Å²) in [6.45, 7) is 3.46. The second kappa shape index (κ2) is 5.49. The summed E-state index contributed by atoms with van der Waals surface area (Å²) in [4.78, 5) is 11.3. The first-order chi connectivity index (χ1) is 8.70. The van der Waals surface area contributed by atoms with Gasteiger partial charge in [-0.2, -0.15) is 5.10 Å². The van der Waals surface area contributed by atoms with Crippen LogP contribution in [-0.2, 0) is 4.79 Å². The Morgan fingerprint density at radius 2 is 2.11 bits per heavy atom. The molecule has 1 atom stereocenters. The van der Waals surface area contributed by atoms with Gasteiger partial charge in [0.15, 0.2) is 17.6 Å². The summed E-state index contributed by atoms with van der Waals surface area (Å²) < 4.78 is 7.32. The first kappa shape index (κ1) is 12.4. The van der Waals surface area contributed by atoms with Crippen LogP contribution in [0.3, 0.4) is 0 Å². The van der Waals surface area contributed by atoms with E-state index in [1.165, 1.54) is 6.92 Å². The van der Waals surface area contributed by atoms with Crippen LogP contribution in [-0.4, -0.2) is 21.7 Å². The van der Waals surface area contributed by atoms with E-state index in [1.54, 1.807) is 17.1 Å². The number of hydrogen-bond donors (Lipinski definition) is 0. The van der Waals surface area contributed by atoms with Gasteiger partial charge in [-0.3, -0.25) is 4.79 Å². The number of ether oxygens (including phenoxy) is 1. The van der Waals surface area contributed by atoms with Crippen LogP contribution in [0.5, 0.6) is 5.75 Å². The van der Waals surface area contributed by atoms with E-state index in [9.17, 15) is 4.79 Å². The van der Waals surface area contributed by atoms with E-state index in [-0.39, 0.29) is 5.78 Å². The molecule has 0 saturated carbocycles. The molecule has 0 aliphatic heterocycles. The highest BCUT2D eigenvalue weighted by Crippen LogP contribution is 2.16. The molecule has 94 valence electrons. The summed E-state index contributed by atoms with van der Waals surface area (Å²) in [5, 5.41) is 4.21. The molecule has 0 aliphatic carbocycles. The molecule has 4 heteroatoms. The third kappa shape index (κ3) is 2.77. The summed E-state index contributed by atoms with van der Waals surface area (Å²) >= 11 is 0. The Labute approximate surface area is 106 Å². The number of Topliss-reactive ketones (excluding diaryl/α,β-unsaturated/α-hetero) is 1. The second-order valence-corrected chi connectivity index (χ2v) is 4.08. The quantitative estimate of drug-likeness (QED) is 0.812. The van der Waals surface area contributed by atoms with Gasteiger partial charge in [0.25, 0.3) is 0 Å². The molecule has 2 rings (SSSR count). The Hall–Kier alpha value is -2.10. The molecule has 1 aromatic carbocycles. The maximum atomic E-state index is 11.3. The average Bonchev–Trinajstić information content (AvgIpc) is 2.85. The molecule has 18 heavy (non-hydrogen) atoms. The van der Waals surface area contributed by atoms with Gasteiger partial charge in [0.1, 0.15) is 0 Å². The molecule has 0 N–H and O–H groups in total. The highest BCUT2D eigenvalue weighted by atomic mass is 16.5. The van der Waals surface area contributed by atoms with Crippen molar-refractivity contribution in [3.05, 3.63) is 42.7 Å². The van der Waals surface area contributed by atoms with Gasteiger partial charge in [-0.05, 0) is 25.5 Å². The molecule has 0 bridgehead atoms. The zero-order valence-corrected chi connectivity index (χ0v) is 10.5. The number of hydrogen-bond acceptors (Lipinski definition) is 3. The zero-order valence-electron chi connectivity index (χ0n) is 10.5. The van der Waals surface area contributed by atoms with Gasteiger partial charge in [-0.1, -0.05) is 25.1 Å². The van der Waals surface area contributed by atoms with Crippen molar-refractivity contribution in [1.82, 2.24) is 9.78 Å². The highest BCUT2D eigenvalue weighted by molar-refractivity contribution is 5.80. The molecule has 2 aromatic rings. The number of carbonyl (C=O) groups is 1. The van der Waals surface area contributed by atoms with Crippen molar-refractivity contribution >= 4 is 5.78 Å². The topological polar surface area (TPSA) is 44.1 Å². The Kier molecular flexibility index (Phi) is 3.77. The molecule has 1 aromatic heterocycles. The lowest BCUT2D eigenvalue weighted by Gasteiger charge is -2.12. The molecule has 0 saturated heterocycles. The first-order valence-electron chi connectivity index (χ1n) is 5.98. The maximum Gasteiger partial charge on any atom is 0.170 e. The Morgan fingerprint density at radius 3 is 2.72 bits per heavy atom. The van der Waals surface area contributed by atoms with Crippen molar-refractivity contribution in [1.29, 1.82) is 0 Å². The van der Waals surface area contributed by atoms with Crippen LogP contribution in [0.1, 0.15) is 20.3 Å². The van der Waals surface area contributed by atoms with Gasteiger partial charge in [0, 0.05) is 0 Å². The molecule has 0 aliphatic rings. The third-order valence-corrected chi connectivity index (χ3v) is 2.68. The number of carbonyl (C=O) groups excluding carboxylic acids is 1. The molecule has 0 spiro atoms. The van der Waals surface area contributed by atoms with Gasteiger partial charge >= 0.3 is 0 Å². The van der Waals surface area contributed by atoms with Crippen molar-refractivity contribution in [3.63, 3.8) is 0 Å². The lowest BCUT2D eigenvalue weighted by atomic mass is 10.2. The number of nitrogens with zero attached hydrogens (tertiary/aromatic N) is 2. The van der Waals surface area contributed by atoms with Crippen LogP contribution in [0.15, 0.2) is 42.7 Å². The van der Waals surface area contributed by atoms with Crippen LogP contribution < -0.4 is 4.74 Å². The molecular weight excluding hydrogens is 228 g/mol. The fourth-order valence-corrected chi connectivity index (χ4v) is 1.71. The van der Waals surface area contributed by atoms with Crippen molar-refractivity contribution in [2.24, 2.45) is 0 Å². The van der Waals surface area contributed by atoms with E-state index in [0.29, 0.717) is 12.2 Å². The predicted octanol–water partition coefficient (Wildman–Crippen LogP) is 2.62. The second-order valence-electron chi connectivity index (χ2n) is 4.08. The molecule has 0 radical (unpaired) electrons. The number of ketones is 1. The fourth-order valence-electron chi connectivity index (χ4n) is 1.71. The van der Waals surface area contributed by atoms with Crippen LogP contribution in [0, 0.1) is 0 Å². The number of aromatic nitrogens is 2. The van der Waals surface area contributed by atoms with Gasteiger partial charge in [-0.15, -0.1) is 0 Å². The minimum Gasteiger partial charge on any atom is -0.479 e. The lowest BCUT2D eigenvalue weighted by molar-refractivity contribution is -0.123. The highest BCUT2D eigenvalue weighted by Gasteiger charge is 2.14. The minimum absolute atomic E-state index is 0.0324. The van der Waals surface area contributed by atoms with Gasteiger partial charge in [0.2, 0.25) is 0 Å². The van der Waals surface area contributed by atoms with Crippen molar-refractivity contribution in [2.45, 2.75) is 26.4 Å². The normalized spacial score (nSPS) is 12.1. The standard InChI is InChI=1S/C14H16N2O2/c1-3-14(11(2)17)18-13-9-15-16(10-13)12-7-5-4-6-8-12/h4-10,14H,3H2,1-2H3. The predicted molar refractivity (Wildman–Crippen MR) is 69.0 cm³/mol. The van der Waals surface area contributed by atoms with E-state index in [2.05, 4.69) is 5.10 Å². The van der Waals surface area contributed by atoms with Crippen molar-refractivity contribution < 1.29 is 9.53 Å². The van der Waals surface area contributed by atoms with Crippen LogP contribution in [0.4, 0.5) is 0 Å². The Morgan fingerprint density at radius 1 is 1.39 bits per heavy atom. The van der Waals surface area contributed by atoms with Crippen LogP contribution in [0.25, 0.3) is 5.69 Å². The summed E-state index contributed by atoms with van der Waals surface area (Å²) in [5.41, 5.74) is 0.961. The van der Waals surface area contributed by atoms with Gasteiger partial charge in [0.05, 0.1) is 18.1 Å². The molecule has 4 nitrogen and oxygen atoms in total. The van der Waals surface area contributed by atoms with E-state index < -0.39 is 6.10 Å². The van der Waals surface area contributed by atoms with E-state index in [0.717, 1.165) is 5.69 Å². The average molecular weight is 244 g/mol. The van der Waals surface area contributed by atoms with E-state index >= 15 is 0 Å². The first-order valence-corrected chi connectivity index (χ1v) is 5.98. The van der Waals surface area contributed by atoms with Crippen molar-refractivity contribution in [3.8, 4) is 11.4 Å². The van der Waals surface area contributed by atoms with E-state index in [4.69, 9.17) is 4.74 Å². The summed E-state index contributed by atoms with van der Waals surface area (Å²) in [6.07, 6.45) is 3.67. The molecule has 1 heterocycles. The van der Waals surface area contributed by atoms with Crippen LogP contribution >= 0.6 is 0 Å². The summed E-state index contributed by atoms with van der Waals surface area (Å²) in [6, 6.07) is 9.76. The monoisotopic (exact) mass is 244 g/mol. The van der Waals surface area contributed by atoms with Gasteiger partial charge in [-0.25, -0.2) is 4.68 Å². The zero-order chi connectivity index (χ0) is 13.0. The molecule has 0 fully saturated rings. The Balaban J connectivity index is 2.14. The third-order valence-electron chi connectivity index (χ3n) is 2.68. The smallest absolute Gasteiger partial charge is 0.170 e. The Bertz CT molecular complexity index is 520. The fraction of sp³-hybridized carbons (Fsp3) is 0.286. The molecule has 1 unspecified atom stereocenters. The SMILES string of the molecule is CCC(Oc1cnn(-c2ccccc2)c1)C(C)=O. The van der Waals surface area contributed by atoms with E-state index in [1.807, 2.05) is 37.3 Å². The minimum atomic E-state index is -0.390. The molecular formula is C14H16N2O2. The lowest BCUT2D eigenvalue weighted by Crippen LogP contribution is -2.23. The number of para-hydroxylation sites is 1. The van der Waals surface area contributed by atoms with Crippen molar-refractivity contribution in [2.75, 3.05) is 0 Å². The maximum absolute atomic E-state index is 11.3. The summed E-state index contributed by atoms with van der Waals surface area (Å²) in [7, 11) is 0. The van der Waals surface area contributed by atoms with Crippen LogP contribution in [0.2, 0.25) is 0 Å². The largest absolute Gasteiger partial charge is 0.479 e. The van der Waals surface area contributed by atoms with Gasteiger partial charge < -0.3 is 4.74 Å². The summed E-state index contributed by atoms with van der Waals surface area (Å²) in [5.74, 6) is 0.644. The molecule has 0 amide bonds. The number of benzene rings is 1. The number of rotatable bonds is 5.